The van der Waals surface area contributed by atoms with Gasteiger partial charge in [-0.15, -0.1) is 0 Å². The molecule has 0 saturated carbocycles. The summed E-state index contributed by atoms with van der Waals surface area (Å²) < 4.78 is 8.62. The standard InChI is InChI=1S/C7H10O4.FH/c1-5(7(9)11-3)4-6(8)10-2;/h1,4H2,2-3H3;1H. The molecule has 0 atom stereocenters. The summed E-state index contributed by atoms with van der Waals surface area (Å²) in [5.74, 6) is -1.09. The van der Waals surface area contributed by atoms with E-state index >= 15 is 0 Å². The Labute approximate surface area is 69.5 Å². The lowest BCUT2D eigenvalue weighted by molar-refractivity contribution is -0.143. The van der Waals surface area contributed by atoms with Crippen LogP contribution in [0.2, 0.25) is 0 Å². The quantitative estimate of drug-likeness (QED) is 0.464. The fourth-order valence-corrected chi connectivity index (χ4v) is 0.463. The Bertz CT molecular complexity index is 188. The summed E-state index contributed by atoms with van der Waals surface area (Å²) in [5, 5.41) is 0. The highest BCUT2D eigenvalue weighted by molar-refractivity contribution is 5.93. The molecule has 0 amide bonds. The molecule has 0 aliphatic heterocycles. The van der Waals surface area contributed by atoms with E-state index in [1.165, 1.54) is 14.2 Å². The molecule has 0 N–H and O–H groups in total. The number of halogens is 1. The number of rotatable bonds is 3. The molecule has 12 heavy (non-hydrogen) atoms. The highest BCUT2D eigenvalue weighted by Crippen LogP contribution is 2.00. The lowest BCUT2D eigenvalue weighted by atomic mass is 10.2. The maximum absolute atomic E-state index is 10.6. The van der Waals surface area contributed by atoms with E-state index in [0.29, 0.717) is 0 Å². The van der Waals surface area contributed by atoms with E-state index in [0.717, 1.165) is 0 Å². The lowest BCUT2D eigenvalue weighted by Crippen LogP contribution is -2.09. The van der Waals surface area contributed by atoms with Crippen LogP contribution in [0.4, 0.5) is 4.70 Å². The van der Waals surface area contributed by atoms with Crippen molar-refractivity contribution in [1.29, 1.82) is 0 Å². The molecule has 4 nitrogen and oxygen atoms in total. The largest absolute Gasteiger partial charge is 0.469 e. The van der Waals surface area contributed by atoms with Crippen molar-refractivity contribution < 1.29 is 23.8 Å². The third kappa shape index (κ3) is 4.43. The Hall–Kier alpha value is -1.39. The molecule has 0 saturated heterocycles. The van der Waals surface area contributed by atoms with Crippen LogP contribution >= 0.6 is 0 Å². The average molecular weight is 178 g/mol. The Balaban J connectivity index is 0. The number of hydrogen-bond donors (Lipinski definition) is 0. The van der Waals surface area contributed by atoms with E-state index < -0.39 is 11.9 Å². The van der Waals surface area contributed by atoms with Crippen molar-refractivity contribution in [3.8, 4) is 0 Å². The summed E-state index contributed by atoms with van der Waals surface area (Å²) in [6.07, 6.45) is -0.122. The molecule has 5 heteroatoms. The number of hydrogen-bond acceptors (Lipinski definition) is 4. The summed E-state index contributed by atoms with van der Waals surface area (Å²) in [6, 6.07) is 0. The van der Waals surface area contributed by atoms with Gasteiger partial charge in [-0.3, -0.25) is 9.50 Å². The van der Waals surface area contributed by atoms with Gasteiger partial charge >= 0.3 is 11.9 Å². The molecule has 0 unspecified atom stereocenters. The maximum atomic E-state index is 10.6. The summed E-state index contributed by atoms with van der Waals surface area (Å²) in [5.41, 5.74) is 0.0966. The minimum atomic E-state index is -0.588. The van der Waals surface area contributed by atoms with Gasteiger partial charge in [0, 0.05) is 5.57 Å². The Kier molecular flexibility index (Phi) is 6.97. The van der Waals surface area contributed by atoms with Gasteiger partial charge in [0.2, 0.25) is 0 Å². The number of carbonyl (C=O) groups excluding carboxylic acids is 2. The van der Waals surface area contributed by atoms with Gasteiger partial charge in [-0.2, -0.15) is 0 Å². The van der Waals surface area contributed by atoms with Crippen LogP contribution in [0.5, 0.6) is 0 Å². The molecule has 0 heterocycles. The topological polar surface area (TPSA) is 52.6 Å². The van der Waals surface area contributed by atoms with E-state index in [1.807, 2.05) is 0 Å². The van der Waals surface area contributed by atoms with Crippen molar-refractivity contribution in [2.24, 2.45) is 0 Å². The van der Waals surface area contributed by atoms with Gasteiger partial charge in [-0.1, -0.05) is 6.58 Å². The van der Waals surface area contributed by atoms with Crippen molar-refractivity contribution in [2.75, 3.05) is 14.2 Å². The molecule has 0 aromatic heterocycles. The predicted octanol–water partition coefficient (Wildman–Crippen LogP) is 0.431. The molecule has 0 aliphatic carbocycles. The van der Waals surface area contributed by atoms with Crippen LogP contribution in [0.25, 0.3) is 0 Å². The average Bonchev–Trinajstić information content (AvgIpc) is 2.02. The summed E-state index contributed by atoms with van der Waals surface area (Å²) >= 11 is 0. The first kappa shape index (κ1) is 13.2. The van der Waals surface area contributed by atoms with Crippen LogP contribution in [0.3, 0.4) is 0 Å². The Morgan fingerprint density at radius 1 is 1.25 bits per heavy atom. The van der Waals surface area contributed by atoms with E-state index in [2.05, 4.69) is 16.1 Å². The number of ether oxygens (including phenoxy) is 2. The van der Waals surface area contributed by atoms with Crippen LogP contribution in [-0.4, -0.2) is 26.2 Å². The first-order chi connectivity index (χ1) is 5.11. The van der Waals surface area contributed by atoms with Crippen LogP contribution < -0.4 is 0 Å². The summed E-state index contributed by atoms with van der Waals surface area (Å²) in [7, 11) is 2.47. The Morgan fingerprint density at radius 2 is 1.75 bits per heavy atom. The highest BCUT2D eigenvalue weighted by atomic mass is 19.0. The Morgan fingerprint density at radius 3 is 2.08 bits per heavy atom. The van der Waals surface area contributed by atoms with Crippen molar-refractivity contribution in [1.82, 2.24) is 0 Å². The number of carbonyl (C=O) groups is 2. The molecule has 0 aliphatic rings. The van der Waals surface area contributed by atoms with Gasteiger partial charge in [0.1, 0.15) is 0 Å². The second-order valence-electron chi connectivity index (χ2n) is 1.85. The molecule has 0 spiro atoms. The monoisotopic (exact) mass is 178 g/mol. The molecular weight excluding hydrogens is 167 g/mol. The third-order valence-corrected chi connectivity index (χ3v) is 1.06. The molecule has 70 valence electrons. The van der Waals surface area contributed by atoms with Crippen LogP contribution in [0, 0.1) is 0 Å². The minimum Gasteiger partial charge on any atom is -0.469 e. The van der Waals surface area contributed by atoms with E-state index in [1.54, 1.807) is 0 Å². The van der Waals surface area contributed by atoms with Crippen LogP contribution in [0.1, 0.15) is 6.42 Å². The zero-order valence-corrected chi connectivity index (χ0v) is 6.96. The predicted molar refractivity (Wildman–Crippen MR) is 40.3 cm³/mol. The number of methoxy groups -OCH3 is 2. The van der Waals surface area contributed by atoms with Crippen molar-refractivity contribution >= 4 is 11.9 Å². The molecule has 0 aromatic rings. The molecule has 0 fully saturated rings. The van der Waals surface area contributed by atoms with Crippen molar-refractivity contribution in [3.63, 3.8) is 0 Å². The normalized spacial score (nSPS) is 7.83. The fourth-order valence-electron chi connectivity index (χ4n) is 0.463. The third-order valence-electron chi connectivity index (χ3n) is 1.06. The SMILES string of the molecule is C=C(CC(=O)OC)C(=O)OC.F. The second kappa shape index (κ2) is 6.33. The molecule has 0 radical (unpaired) electrons. The van der Waals surface area contributed by atoms with Gasteiger partial charge in [0.25, 0.3) is 0 Å². The minimum absolute atomic E-state index is 0. The first-order valence-corrected chi connectivity index (χ1v) is 2.94. The van der Waals surface area contributed by atoms with Crippen molar-refractivity contribution in [3.05, 3.63) is 12.2 Å². The molecule has 0 aromatic carbocycles. The summed E-state index contributed by atoms with van der Waals surface area (Å²) in [6.45, 7) is 3.34. The van der Waals surface area contributed by atoms with Gasteiger partial charge in [0.15, 0.2) is 0 Å². The van der Waals surface area contributed by atoms with Crippen LogP contribution in [0.15, 0.2) is 12.2 Å². The molecule has 0 bridgehead atoms. The lowest BCUT2D eigenvalue weighted by Gasteiger charge is -2.00. The zero-order chi connectivity index (χ0) is 8.85. The van der Waals surface area contributed by atoms with Gasteiger partial charge in [-0.05, 0) is 0 Å². The zero-order valence-electron chi connectivity index (χ0n) is 6.96. The van der Waals surface area contributed by atoms with Crippen molar-refractivity contribution in [2.45, 2.75) is 6.42 Å². The van der Waals surface area contributed by atoms with Gasteiger partial charge < -0.3 is 9.47 Å². The van der Waals surface area contributed by atoms with E-state index in [-0.39, 0.29) is 16.7 Å². The molecular formula is C7H11FO4. The summed E-state index contributed by atoms with van der Waals surface area (Å²) in [4.78, 5) is 21.2. The fraction of sp³-hybridized carbons (Fsp3) is 0.429. The maximum Gasteiger partial charge on any atom is 0.333 e. The highest BCUT2D eigenvalue weighted by Gasteiger charge is 2.11. The van der Waals surface area contributed by atoms with E-state index in [9.17, 15) is 9.59 Å². The smallest absolute Gasteiger partial charge is 0.333 e. The van der Waals surface area contributed by atoms with E-state index in [4.69, 9.17) is 0 Å². The number of esters is 2. The van der Waals surface area contributed by atoms with Crippen LogP contribution in [-0.2, 0) is 19.1 Å². The van der Waals surface area contributed by atoms with Gasteiger partial charge in [0.05, 0.1) is 20.6 Å². The van der Waals surface area contributed by atoms with Gasteiger partial charge in [-0.25, -0.2) is 4.79 Å². The second-order valence-corrected chi connectivity index (χ2v) is 1.85. The molecule has 0 rings (SSSR count). The first-order valence-electron chi connectivity index (χ1n) is 2.94.